The first kappa shape index (κ1) is 16.3. The van der Waals surface area contributed by atoms with Crippen LogP contribution < -0.4 is 10.1 Å². The van der Waals surface area contributed by atoms with Crippen molar-refractivity contribution >= 4 is 0 Å². The van der Waals surface area contributed by atoms with Gasteiger partial charge in [0.1, 0.15) is 12.4 Å². The molecule has 2 nitrogen and oxygen atoms in total. The normalized spacial score (nSPS) is 10.6. The highest BCUT2D eigenvalue weighted by Gasteiger charge is 2.06. The molecule has 2 heteroatoms. The molecule has 3 aromatic rings. The van der Waals surface area contributed by atoms with Gasteiger partial charge in [-0.15, -0.1) is 0 Å². The maximum Gasteiger partial charge on any atom is 0.119 e. The van der Waals surface area contributed by atoms with E-state index in [0.29, 0.717) is 6.61 Å². The molecule has 122 valence electrons. The zero-order valence-electron chi connectivity index (χ0n) is 14.3. The van der Waals surface area contributed by atoms with Crippen LogP contribution in [0.25, 0.3) is 11.1 Å². The van der Waals surface area contributed by atoms with Crippen LogP contribution in [-0.2, 0) is 13.2 Å². The number of hydrogen-bond donors (Lipinski definition) is 1. The molecule has 0 bridgehead atoms. The average Bonchev–Trinajstić information content (AvgIpc) is 2.63. The lowest BCUT2D eigenvalue weighted by molar-refractivity contribution is 0.305. The van der Waals surface area contributed by atoms with Crippen LogP contribution in [0.2, 0.25) is 0 Å². The van der Waals surface area contributed by atoms with Crippen molar-refractivity contribution in [2.75, 3.05) is 7.05 Å². The summed E-state index contributed by atoms with van der Waals surface area (Å²) in [5, 5.41) is 3.15. The van der Waals surface area contributed by atoms with Crippen LogP contribution in [0.1, 0.15) is 16.7 Å². The van der Waals surface area contributed by atoms with E-state index in [1.165, 1.54) is 27.8 Å². The van der Waals surface area contributed by atoms with Gasteiger partial charge in [0.25, 0.3) is 0 Å². The molecule has 0 saturated carbocycles. The molecule has 0 aromatic heterocycles. The Balaban J connectivity index is 1.74. The van der Waals surface area contributed by atoms with Crippen molar-refractivity contribution in [2.24, 2.45) is 0 Å². The van der Waals surface area contributed by atoms with Gasteiger partial charge in [-0.2, -0.15) is 0 Å². The van der Waals surface area contributed by atoms with Crippen LogP contribution >= 0.6 is 0 Å². The zero-order chi connectivity index (χ0) is 16.8. The van der Waals surface area contributed by atoms with Gasteiger partial charge in [0.15, 0.2) is 0 Å². The second-order valence-electron chi connectivity index (χ2n) is 5.92. The molecule has 0 atom stereocenters. The quantitative estimate of drug-likeness (QED) is 0.694. The molecule has 24 heavy (non-hydrogen) atoms. The SMILES string of the molecule is CNCc1ccc(OCc2cccc(-c3ccccc3)c2C)cc1. The van der Waals surface area contributed by atoms with E-state index in [2.05, 4.69) is 66.8 Å². The molecule has 0 amide bonds. The average molecular weight is 317 g/mol. The van der Waals surface area contributed by atoms with Crippen molar-refractivity contribution in [3.8, 4) is 16.9 Å². The summed E-state index contributed by atoms with van der Waals surface area (Å²) in [7, 11) is 1.95. The topological polar surface area (TPSA) is 21.3 Å². The van der Waals surface area contributed by atoms with Gasteiger partial charge < -0.3 is 10.1 Å². The second-order valence-corrected chi connectivity index (χ2v) is 5.92. The minimum absolute atomic E-state index is 0.581. The van der Waals surface area contributed by atoms with E-state index in [4.69, 9.17) is 4.74 Å². The second kappa shape index (κ2) is 7.80. The Bertz CT molecular complexity index is 779. The van der Waals surface area contributed by atoms with Gasteiger partial charge in [-0.3, -0.25) is 0 Å². The summed E-state index contributed by atoms with van der Waals surface area (Å²) >= 11 is 0. The van der Waals surface area contributed by atoms with E-state index < -0.39 is 0 Å². The van der Waals surface area contributed by atoms with Crippen molar-refractivity contribution in [2.45, 2.75) is 20.1 Å². The van der Waals surface area contributed by atoms with Gasteiger partial charge in [0.05, 0.1) is 0 Å². The number of rotatable bonds is 6. The molecule has 0 saturated heterocycles. The fraction of sp³-hybridized carbons (Fsp3) is 0.182. The van der Waals surface area contributed by atoms with E-state index in [9.17, 15) is 0 Å². The van der Waals surface area contributed by atoms with Crippen LogP contribution in [0.5, 0.6) is 5.75 Å². The van der Waals surface area contributed by atoms with Crippen molar-refractivity contribution in [3.05, 3.63) is 89.5 Å². The van der Waals surface area contributed by atoms with Gasteiger partial charge in [-0.1, -0.05) is 60.7 Å². The fourth-order valence-corrected chi connectivity index (χ4v) is 2.84. The highest BCUT2D eigenvalue weighted by Crippen LogP contribution is 2.26. The molecule has 0 radical (unpaired) electrons. The summed E-state index contributed by atoms with van der Waals surface area (Å²) in [5.74, 6) is 0.902. The van der Waals surface area contributed by atoms with Crippen molar-refractivity contribution in [1.29, 1.82) is 0 Å². The van der Waals surface area contributed by atoms with Gasteiger partial charge in [0.2, 0.25) is 0 Å². The van der Waals surface area contributed by atoms with E-state index in [1.807, 2.05) is 25.2 Å². The first-order valence-corrected chi connectivity index (χ1v) is 8.28. The lowest BCUT2D eigenvalue weighted by Crippen LogP contribution is -2.04. The Kier molecular flexibility index (Phi) is 5.29. The van der Waals surface area contributed by atoms with Crippen molar-refractivity contribution in [1.82, 2.24) is 5.32 Å². The van der Waals surface area contributed by atoms with Crippen LogP contribution in [0.15, 0.2) is 72.8 Å². The largest absolute Gasteiger partial charge is 0.489 e. The van der Waals surface area contributed by atoms with Crippen LogP contribution in [0, 0.1) is 6.92 Å². The third kappa shape index (κ3) is 3.84. The highest BCUT2D eigenvalue weighted by molar-refractivity contribution is 5.68. The van der Waals surface area contributed by atoms with Crippen LogP contribution in [-0.4, -0.2) is 7.05 Å². The minimum atomic E-state index is 0.581. The standard InChI is InChI=1S/C22H23NO/c1-17-20(9-6-10-22(17)19-7-4-3-5-8-19)16-24-21-13-11-18(12-14-21)15-23-2/h3-14,23H,15-16H2,1-2H3. The summed E-state index contributed by atoms with van der Waals surface area (Å²) < 4.78 is 5.98. The van der Waals surface area contributed by atoms with E-state index >= 15 is 0 Å². The molecule has 0 aliphatic carbocycles. The predicted octanol–water partition coefficient (Wildman–Crippen LogP) is 4.96. The Morgan fingerprint density at radius 1 is 0.833 bits per heavy atom. The lowest BCUT2D eigenvalue weighted by atomic mass is 9.97. The van der Waals surface area contributed by atoms with Crippen LogP contribution in [0.3, 0.4) is 0 Å². The van der Waals surface area contributed by atoms with Crippen molar-refractivity contribution in [3.63, 3.8) is 0 Å². The van der Waals surface area contributed by atoms with Gasteiger partial charge in [0, 0.05) is 6.54 Å². The maximum absolute atomic E-state index is 5.98. The summed E-state index contributed by atoms with van der Waals surface area (Å²) in [6.07, 6.45) is 0. The number of benzene rings is 3. The first-order chi connectivity index (χ1) is 11.8. The molecule has 0 fully saturated rings. The Hall–Kier alpha value is -2.58. The number of nitrogens with one attached hydrogen (secondary N) is 1. The Morgan fingerprint density at radius 3 is 2.29 bits per heavy atom. The zero-order valence-corrected chi connectivity index (χ0v) is 14.3. The smallest absolute Gasteiger partial charge is 0.119 e. The van der Waals surface area contributed by atoms with Gasteiger partial charge in [-0.05, 0) is 53.9 Å². The third-order valence-electron chi connectivity index (χ3n) is 4.23. The van der Waals surface area contributed by atoms with E-state index in [-0.39, 0.29) is 0 Å². The molecule has 1 N–H and O–H groups in total. The molecule has 0 aliphatic rings. The molecular formula is C22H23NO. The van der Waals surface area contributed by atoms with Crippen molar-refractivity contribution < 1.29 is 4.74 Å². The molecule has 3 rings (SSSR count). The Labute approximate surface area is 144 Å². The minimum Gasteiger partial charge on any atom is -0.489 e. The predicted molar refractivity (Wildman–Crippen MR) is 100 cm³/mol. The molecule has 3 aromatic carbocycles. The molecular weight excluding hydrogens is 294 g/mol. The van der Waals surface area contributed by atoms with Crippen LogP contribution in [0.4, 0.5) is 0 Å². The highest BCUT2D eigenvalue weighted by atomic mass is 16.5. The van der Waals surface area contributed by atoms with Gasteiger partial charge >= 0.3 is 0 Å². The van der Waals surface area contributed by atoms with E-state index in [1.54, 1.807) is 0 Å². The Morgan fingerprint density at radius 2 is 1.58 bits per heavy atom. The van der Waals surface area contributed by atoms with E-state index in [0.717, 1.165) is 12.3 Å². The molecule has 0 unspecified atom stereocenters. The molecule has 0 aliphatic heterocycles. The number of hydrogen-bond acceptors (Lipinski definition) is 2. The third-order valence-corrected chi connectivity index (χ3v) is 4.23. The summed E-state index contributed by atoms with van der Waals surface area (Å²) in [4.78, 5) is 0. The molecule has 0 heterocycles. The summed E-state index contributed by atoms with van der Waals surface area (Å²) in [5.41, 5.74) is 6.26. The first-order valence-electron chi connectivity index (χ1n) is 8.28. The fourth-order valence-electron chi connectivity index (χ4n) is 2.84. The monoisotopic (exact) mass is 317 g/mol. The van der Waals surface area contributed by atoms with Gasteiger partial charge in [-0.25, -0.2) is 0 Å². The maximum atomic E-state index is 5.98. The number of ether oxygens (including phenoxy) is 1. The summed E-state index contributed by atoms with van der Waals surface area (Å²) in [6.45, 7) is 3.62. The summed E-state index contributed by atoms with van der Waals surface area (Å²) in [6, 6.07) is 25.1. The molecule has 0 spiro atoms. The lowest BCUT2D eigenvalue weighted by Gasteiger charge is -2.13.